The largest absolute Gasteiger partial charge is 0.296 e. The van der Waals surface area contributed by atoms with Crippen molar-refractivity contribution in [3.8, 4) is 0 Å². The van der Waals surface area contributed by atoms with Gasteiger partial charge in [0.25, 0.3) is 0 Å². The third-order valence-corrected chi connectivity index (χ3v) is 6.02. The lowest BCUT2D eigenvalue weighted by Crippen LogP contribution is -2.61. The first kappa shape index (κ1) is 6.44. The van der Waals surface area contributed by atoms with Crippen molar-refractivity contribution in [1.82, 2.24) is 4.90 Å². The molecule has 1 nitrogen and oxygen atoms in total. The van der Waals surface area contributed by atoms with Gasteiger partial charge in [0, 0.05) is 18.6 Å². The first-order valence-corrected chi connectivity index (χ1v) is 6.19. The summed E-state index contributed by atoms with van der Waals surface area (Å²) in [6.07, 6.45) is 6.35. The summed E-state index contributed by atoms with van der Waals surface area (Å²) in [5.41, 5.74) is 0. The average Bonchev–Trinajstić information content (AvgIpc) is 2.68. The number of nitrogens with zero attached hydrogens (tertiary/aromatic N) is 1. The van der Waals surface area contributed by atoms with Gasteiger partial charge in [-0.2, -0.15) is 0 Å². The Bertz CT molecular complexity index is 287. The number of rotatable bonds is 0. The van der Waals surface area contributed by atoms with Crippen molar-refractivity contribution >= 4 is 0 Å². The Morgan fingerprint density at radius 2 is 1.92 bits per heavy atom. The fourth-order valence-electron chi connectivity index (χ4n) is 5.28. The molecule has 0 N–H and O–H groups in total. The van der Waals surface area contributed by atoms with E-state index in [0.29, 0.717) is 0 Å². The maximum atomic E-state index is 2.89. The van der Waals surface area contributed by atoms with Crippen LogP contribution in [0.4, 0.5) is 0 Å². The second kappa shape index (κ2) is 1.71. The van der Waals surface area contributed by atoms with Crippen LogP contribution in [0.1, 0.15) is 25.7 Å². The summed E-state index contributed by atoms with van der Waals surface area (Å²) in [5.74, 6) is 5.91. The second-order valence-corrected chi connectivity index (χ2v) is 6.23. The summed E-state index contributed by atoms with van der Waals surface area (Å²) in [6, 6.07) is 2.18. The van der Waals surface area contributed by atoms with E-state index in [1.54, 1.807) is 25.7 Å². The molecule has 3 saturated carbocycles. The zero-order chi connectivity index (χ0) is 8.15. The zero-order valence-electron chi connectivity index (χ0n) is 8.02. The van der Waals surface area contributed by atoms with Crippen molar-refractivity contribution in [3.05, 3.63) is 0 Å². The molecule has 2 saturated heterocycles. The highest BCUT2D eigenvalue weighted by Crippen LogP contribution is 2.67. The SMILES string of the molecule is C1CC2C1C[C@@H]1C2[C@@H]2C3C[C@@H]3CN21. The Hall–Kier alpha value is -0.0400. The summed E-state index contributed by atoms with van der Waals surface area (Å²) in [6.45, 7) is 1.50. The molecule has 70 valence electrons. The van der Waals surface area contributed by atoms with Crippen LogP contribution >= 0.6 is 0 Å². The number of hydrogen-bond acceptors (Lipinski definition) is 1. The minimum Gasteiger partial charge on any atom is -0.296 e. The van der Waals surface area contributed by atoms with Crippen LogP contribution in [0.3, 0.4) is 0 Å². The van der Waals surface area contributed by atoms with Crippen molar-refractivity contribution in [2.75, 3.05) is 6.54 Å². The monoisotopic (exact) mass is 175 g/mol. The predicted molar refractivity (Wildman–Crippen MR) is 50.2 cm³/mol. The first-order chi connectivity index (χ1) is 6.43. The van der Waals surface area contributed by atoms with Crippen molar-refractivity contribution < 1.29 is 0 Å². The first-order valence-electron chi connectivity index (χ1n) is 6.19. The van der Waals surface area contributed by atoms with E-state index in [-0.39, 0.29) is 0 Å². The van der Waals surface area contributed by atoms with Gasteiger partial charge < -0.3 is 0 Å². The number of hydrogen-bond donors (Lipinski definition) is 0. The van der Waals surface area contributed by atoms with E-state index in [0.717, 1.165) is 18.0 Å². The third-order valence-electron chi connectivity index (χ3n) is 6.02. The zero-order valence-corrected chi connectivity index (χ0v) is 8.02. The lowest BCUT2D eigenvalue weighted by molar-refractivity contribution is -0.0496. The number of piperidine rings is 1. The van der Waals surface area contributed by atoms with E-state index in [4.69, 9.17) is 0 Å². The van der Waals surface area contributed by atoms with Crippen molar-refractivity contribution in [2.45, 2.75) is 37.8 Å². The normalized spacial score (nSPS) is 71.5. The van der Waals surface area contributed by atoms with Gasteiger partial charge in [0.2, 0.25) is 0 Å². The molecule has 13 heavy (non-hydrogen) atoms. The quantitative estimate of drug-likeness (QED) is 0.542. The Kier molecular flexibility index (Phi) is 0.849. The molecule has 1 heteroatoms. The van der Waals surface area contributed by atoms with Gasteiger partial charge in [-0.1, -0.05) is 0 Å². The maximum absolute atomic E-state index is 2.89. The van der Waals surface area contributed by atoms with Crippen LogP contribution in [0.5, 0.6) is 0 Å². The molecule has 2 aliphatic heterocycles. The van der Waals surface area contributed by atoms with E-state index < -0.39 is 0 Å². The van der Waals surface area contributed by atoms with Crippen LogP contribution in [0, 0.1) is 29.6 Å². The van der Waals surface area contributed by atoms with E-state index in [2.05, 4.69) is 4.90 Å². The lowest BCUT2D eigenvalue weighted by atomic mass is 9.67. The van der Waals surface area contributed by atoms with Gasteiger partial charge in [-0.05, 0) is 55.3 Å². The molecule has 7 atom stereocenters. The van der Waals surface area contributed by atoms with Crippen molar-refractivity contribution in [1.29, 1.82) is 0 Å². The van der Waals surface area contributed by atoms with Crippen LogP contribution in [0.2, 0.25) is 0 Å². The van der Waals surface area contributed by atoms with Crippen LogP contribution in [-0.4, -0.2) is 23.5 Å². The summed E-state index contributed by atoms with van der Waals surface area (Å²) < 4.78 is 0. The molecule has 0 amide bonds. The van der Waals surface area contributed by atoms with Gasteiger partial charge in [0.15, 0.2) is 0 Å². The molecular weight excluding hydrogens is 158 g/mol. The van der Waals surface area contributed by atoms with E-state index in [1.165, 1.54) is 30.2 Å². The summed E-state index contributed by atoms with van der Waals surface area (Å²) in [5, 5.41) is 0. The van der Waals surface area contributed by atoms with E-state index >= 15 is 0 Å². The molecule has 2 heterocycles. The van der Waals surface area contributed by atoms with Crippen LogP contribution in [0.25, 0.3) is 0 Å². The smallest absolute Gasteiger partial charge is 0.0176 e. The molecule has 0 aromatic rings. The lowest BCUT2D eigenvalue weighted by Gasteiger charge is -2.53. The summed E-state index contributed by atoms with van der Waals surface area (Å²) in [4.78, 5) is 2.89. The Balaban J connectivity index is 1.54. The van der Waals surface area contributed by atoms with Gasteiger partial charge in [0.05, 0.1) is 0 Å². The molecule has 5 fully saturated rings. The second-order valence-electron chi connectivity index (χ2n) is 6.23. The van der Waals surface area contributed by atoms with Gasteiger partial charge >= 0.3 is 0 Å². The highest BCUT2D eigenvalue weighted by Gasteiger charge is 2.69. The molecule has 4 unspecified atom stereocenters. The molecule has 0 radical (unpaired) electrons. The minimum absolute atomic E-state index is 1.08. The topological polar surface area (TPSA) is 3.24 Å². The van der Waals surface area contributed by atoms with E-state index in [1.807, 2.05) is 0 Å². The number of fused-ring (bicyclic) bond motifs is 8. The van der Waals surface area contributed by atoms with Crippen LogP contribution in [-0.2, 0) is 0 Å². The molecular formula is C12H17N. The Morgan fingerprint density at radius 1 is 0.923 bits per heavy atom. The van der Waals surface area contributed by atoms with Crippen LogP contribution in [0.15, 0.2) is 0 Å². The summed E-state index contributed by atoms with van der Waals surface area (Å²) in [7, 11) is 0. The maximum Gasteiger partial charge on any atom is 0.0176 e. The van der Waals surface area contributed by atoms with E-state index in [9.17, 15) is 0 Å². The van der Waals surface area contributed by atoms with Crippen LogP contribution < -0.4 is 0 Å². The Morgan fingerprint density at radius 3 is 2.77 bits per heavy atom. The molecule has 0 aromatic heterocycles. The predicted octanol–water partition coefficient (Wildman–Crippen LogP) is 1.74. The standard InChI is InChI=1S/C12H17N/c1-2-8-6(1)4-10-11(8)12-9-3-7(9)5-13(10)12/h6-12H,1-5H2/t6?,7-,8?,9?,10-,11?,12+/m1/s1. The van der Waals surface area contributed by atoms with Gasteiger partial charge in [-0.25, -0.2) is 0 Å². The van der Waals surface area contributed by atoms with Gasteiger partial charge in [-0.3, -0.25) is 4.90 Å². The molecule has 5 aliphatic rings. The van der Waals surface area contributed by atoms with Crippen molar-refractivity contribution in [3.63, 3.8) is 0 Å². The Labute approximate surface area is 79.5 Å². The van der Waals surface area contributed by atoms with Crippen molar-refractivity contribution in [2.24, 2.45) is 29.6 Å². The molecule has 0 aromatic carbocycles. The minimum atomic E-state index is 1.08. The van der Waals surface area contributed by atoms with Gasteiger partial charge in [0.1, 0.15) is 0 Å². The van der Waals surface area contributed by atoms with Gasteiger partial charge in [-0.15, -0.1) is 0 Å². The molecule has 3 aliphatic carbocycles. The molecule has 5 rings (SSSR count). The fourth-order valence-corrected chi connectivity index (χ4v) is 5.28. The highest BCUT2D eigenvalue weighted by atomic mass is 15.3. The molecule has 0 spiro atoms. The highest BCUT2D eigenvalue weighted by molar-refractivity contribution is 5.22. The average molecular weight is 175 g/mol. The third kappa shape index (κ3) is 0.538. The fraction of sp³-hybridized carbons (Fsp3) is 1.00. The molecule has 0 bridgehead atoms. The summed E-state index contributed by atoms with van der Waals surface area (Å²) >= 11 is 0.